The molecule has 2 aromatic heterocycles. The molecule has 0 aliphatic carbocycles. The molecule has 72 valence electrons. The molecule has 2 rings (SSSR count). The Morgan fingerprint density at radius 2 is 2.40 bits per heavy atom. The molecule has 0 radical (unpaired) electrons. The number of nitrogens with zero attached hydrogens (tertiary/aromatic N) is 3. The minimum Gasteiger partial charge on any atom is -0.312 e. The van der Waals surface area contributed by atoms with E-state index in [0.29, 0.717) is 16.7 Å². The van der Waals surface area contributed by atoms with E-state index in [1.54, 1.807) is 0 Å². The van der Waals surface area contributed by atoms with Gasteiger partial charge in [0.15, 0.2) is 5.65 Å². The second kappa shape index (κ2) is 3.64. The van der Waals surface area contributed by atoms with Crippen LogP contribution in [0.25, 0.3) is 11.0 Å². The molecule has 2 heterocycles. The Bertz CT molecular complexity index is 649. The fourth-order valence-corrected chi connectivity index (χ4v) is 1.13. The Morgan fingerprint density at radius 1 is 1.53 bits per heavy atom. The molecular formula is C9H5N5O. The van der Waals surface area contributed by atoms with Gasteiger partial charge in [0, 0.05) is 0 Å². The lowest BCUT2D eigenvalue weighted by Crippen LogP contribution is -2.05. The van der Waals surface area contributed by atoms with Gasteiger partial charge >= 0.3 is 0 Å². The smallest absolute Gasteiger partial charge is 0.263 e. The van der Waals surface area contributed by atoms with Gasteiger partial charge in [-0.1, -0.05) is 5.92 Å². The fourth-order valence-electron chi connectivity index (χ4n) is 1.13. The van der Waals surface area contributed by atoms with Gasteiger partial charge in [-0.2, -0.15) is 10.4 Å². The van der Waals surface area contributed by atoms with Crippen molar-refractivity contribution in [2.75, 3.05) is 0 Å². The zero-order chi connectivity index (χ0) is 10.7. The largest absolute Gasteiger partial charge is 0.312 e. The fraction of sp³-hybridized carbons (Fsp3) is 0.111. The highest BCUT2D eigenvalue weighted by Crippen LogP contribution is 2.05. The molecule has 2 aromatic rings. The van der Waals surface area contributed by atoms with E-state index in [-0.39, 0.29) is 12.0 Å². The van der Waals surface area contributed by atoms with Crippen LogP contribution in [0.2, 0.25) is 0 Å². The zero-order valence-corrected chi connectivity index (χ0v) is 7.53. The molecule has 0 fully saturated rings. The molecule has 15 heavy (non-hydrogen) atoms. The molecule has 0 aliphatic rings. The van der Waals surface area contributed by atoms with Gasteiger partial charge < -0.3 is 4.98 Å². The van der Waals surface area contributed by atoms with Gasteiger partial charge in [-0.25, -0.2) is 4.98 Å². The maximum absolute atomic E-state index is 11.4. The minimum atomic E-state index is -0.296. The second-order valence-corrected chi connectivity index (χ2v) is 2.67. The molecule has 0 spiro atoms. The average Bonchev–Trinajstić information content (AvgIpc) is 2.63. The SMILES string of the molecule is N#CCC#Cc1[nH]nc2nc[nH]c(=O)c12. The second-order valence-electron chi connectivity index (χ2n) is 2.67. The molecule has 0 atom stereocenters. The number of hydrogen-bond donors (Lipinski definition) is 2. The van der Waals surface area contributed by atoms with Crippen LogP contribution < -0.4 is 5.56 Å². The van der Waals surface area contributed by atoms with Crippen molar-refractivity contribution in [2.45, 2.75) is 6.42 Å². The monoisotopic (exact) mass is 199 g/mol. The highest BCUT2D eigenvalue weighted by molar-refractivity contribution is 5.79. The first kappa shape index (κ1) is 8.97. The summed E-state index contributed by atoms with van der Waals surface area (Å²) in [7, 11) is 0. The normalized spacial score (nSPS) is 9.27. The van der Waals surface area contributed by atoms with Gasteiger partial charge in [0.2, 0.25) is 0 Å². The number of H-pyrrole nitrogens is 2. The average molecular weight is 199 g/mol. The first-order chi connectivity index (χ1) is 7.33. The number of aromatic amines is 2. The van der Waals surface area contributed by atoms with Crippen LogP contribution in [0.3, 0.4) is 0 Å². The number of rotatable bonds is 0. The third-order valence-electron chi connectivity index (χ3n) is 1.74. The van der Waals surface area contributed by atoms with E-state index in [0.717, 1.165) is 0 Å². The van der Waals surface area contributed by atoms with Crippen LogP contribution in [-0.4, -0.2) is 20.2 Å². The maximum Gasteiger partial charge on any atom is 0.263 e. The van der Waals surface area contributed by atoms with Crippen LogP contribution >= 0.6 is 0 Å². The summed E-state index contributed by atoms with van der Waals surface area (Å²) in [5.74, 6) is 5.25. The van der Waals surface area contributed by atoms with E-state index in [2.05, 4.69) is 32.0 Å². The predicted octanol–water partition coefficient (Wildman–Crippen LogP) is -0.0886. The summed E-state index contributed by atoms with van der Waals surface area (Å²) in [6.45, 7) is 0. The summed E-state index contributed by atoms with van der Waals surface area (Å²) in [5, 5.41) is 15.0. The first-order valence-corrected chi connectivity index (χ1v) is 4.10. The topological polar surface area (TPSA) is 98.2 Å². The highest BCUT2D eigenvalue weighted by atomic mass is 16.1. The van der Waals surface area contributed by atoms with Crippen molar-refractivity contribution < 1.29 is 0 Å². The Balaban J connectivity index is 2.61. The molecule has 6 nitrogen and oxygen atoms in total. The van der Waals surface area contributed by atoms with Crippen LogP contribution in [0.5, 0.6) is 0 Å². The standard InChI is InChI=1S/C9H5N5O/c10-4-2-1-3-6-7-8(14-13-6)11-5-12-9(7)15/h5H,2H2,(H2,11,12,13,14,15). The van der Waals surface area contributed by atoms with Crippen molar-refractivity contribution in [1.82, 2.24) is 20.2 Å². The molecular weight excluding hydrogens is 194 g/mol. The molecule has 0 aliphatic heterocycles. The Labute approximate surface area is 84.0 Å². The van der Waals surface area contributed by atoms with Crippen molar-refractivity contribution in [3.63, 3.8) is 0 Å². The van der Waals surface area contributed by atoms with E-state index in [1.165, 1.54) is 6.33 Å². The first-order valence-electron chi connectivity index (χ1n) is 4.10. The van der Waals surface area contributed by atoms with Crippen LogP contribution in [-0.2, 0) is 0 Å². The van der Waals surface area contributed by atoms with Crippen LogP contribution in [0.15, 0.2) is 11.1 Å². The van der Waals surface area contributed by atoms with Gasteiger partial charge in [-0.15, -0.1) is 0 Å². The lowest BCUT2D eigenvalue weighted by atomic mass is 10.3. The zero-order valence-electron chi connectivity index (χ0n) is 7.53. The number of aromatic nitrogens is 4. The van der Waals surface area contributed by atoms with Crippen LogP contribution in [0, 0.1) is 23.2 Å². The highest BCUT2D eigenvalue weighted by Gasteiger charge is 2.07. The molecule has 0 aromatic carbocycles. The number of hydrogen-bond acceptors (Lipinski definition) is 4. The summed E-state index contributed by atoms with van der Waals surface area (Å²) in [6, 6.07) is 1.88. The molecule has 0 bridgehead atoms. The molecule has 0 saturated carbocycles. The van der Waals surface area contributed by atoms with E-state index in [1.807, 2.05) is 6.07 Å². The van der Waals surface area contributed by atoms with Gasteiger partial charge in [-0.3, -0.25) is 9.89 Å². The lowest BCUT2D eigenvalue weighted by molar-refractivity contribution is 1.07. The van der Waals surface area contributed by atoms with E-state index in [4.69, 9.17) is 5.26 Å². The van der Waals surface area contributed by atoms with Crippen molar-refractivity contribution in [1.29, 1.82) is 5.26 Å². The summed E-state index contributed by atoms with van der Waals surface area (Å²) in [6.07, 6.45) is 1.39. The van der Waals surface area contributed by atoms with Gasteiger partial charge in [-0.05, 0) is 5.92 Å². The van der Waals surface area contributed by atoms with Gasteiger partial charge in [0.1, 0.15) is 11.1 Å². The quantitative estimate of drug-likeness (QED) is 0.579. The van der Waals surface area contributed by atoms with Crippen molar-refractivity contribution in [3.8, 4) is 17.9 Å². The van der Waals surface area contributed by atoms with Crippen LogP contribution in [0.1, 0.15) is 12.1 Å². The summed E-state index contributed by atoms with van der Waals surface area (Å²) in [4.78, 5) is 17.7. The summed E-state index contributed by atoms with van der Waals surface area (Å²) >= 11 is 0. The number of nitriles is 1. The molecule has 0 unspecified atom stereocenters. The number of fused-ring (bicyclic) bond motifs is 1. The van der Waals surface area contributed by atoms with Gasteiger partial charge in [0.05, 0.1) is 18.8 Å². The molecule has 2 N–H and O–H groups in total. The minimum absolute atomic E-state index is 0.110. The van der Waals surface area contributed by atoms with E-state index >= 15 is 0 Å². The molecule has 6 heteroatoms. The number of nitrogens with one attached hydrogen (secondary N) is 2. The van der Waals surface area contributed by atoms with Crippen LogP contribution in [0.4, 0.5) is 0 Å². The Hall–Kier alpha value is -2.60. The van der Waals surface area contributed by atoms with Crippen molar-refractivity contribution in [2.24, 2.45) is 0 Å². The van der Waals surface area contributed by atoms with E-state index < -0.39 is 0 Å². The summed E-state index contributed by atoms with van der Waals surface area (Å²) in [5.41, 5.74) is 0.407. The molecule has 0 saturated heterocycles. The van der Waals surface area contributed by atoms with Crippen molar-refractivity contribution in [3.05, 3.63) is 22.4 Å². The predicted molar refractivity (Wildman–Crippen MR) is 51.6 cm³/mol. The molecule has 0 amide bonds. The lowest BCUT2D eigenvalue weighted by Gasteiger charge is -1.84. The van der Waals surface area contributed by atoms with Gasteiger partial charge in [0.25, 0.3) is 5.56 Å². The van der Waals surface area contributed by atoms with Crippen molar-refractivity contribution >= 4 is 11.0 Å². The Morgan fingerprint density at radius 3 is 3.20 bits per heavy atom. The third kappa shape index (κ3) is 1.56. The summed E-state index contributed by atoms with van der Waals surface area (Å²) < 4.78 is 0. The third-order valence-corrected chi connectivity index (χ3v) is 1.74. The van der Waals surface area contributed by atoms with E-state index in [9.17, 15) is 4.79 Å². The maximum atomic E-state index is 11.4. The Kier molecular flexibility index (Phi) is 2.18.